The van der Waals surface area contributed by atoms with E-state index in [1.165, 1.54) is 0 Å². The van der Waals surface area contributed by atoms with Gasteiger partial charge in [0.15, 0.2) is 0 Å². The molecule has 4 N–H and O–H groups in total. The van der Waals surface area contributed by atoms with Crippen LogP contribution in [0.1, 0.15) is 20.3 Å². The van der Waals surface area contributed by atoms with Crippen LogP contribution in [0.5, 0.6) is 0 Å². The molecular formula is C8H20N4OS. The summed E-state index contributed by atoms with van der Waals surface area (Å²) in [4.78, 5) is 4.15. The number of rotatable bonds is 6. The molecule has 0 aromatic carbocycles. The third kappa shape index (κ3) is 6.85. The molecule has 0 aliphatic carbocycles. The van der Waals surface area contributed by atoms with Crippen molar-refractivity contribution in [2.45, 2.75) is 20.3 Å². The van der Waals surface area contributed by atoms with E-state index in [2.05, 4.69) is 15.7 Å². The molecule has 0 heterocycles. The summed E-state index contributed by atoms with van der Waals surface area (Å²) < 4.78 is 11.1. The number of hydrogen-bond donors (Lipinski definition) is 3. The highest BCUT2D eigenvalue weighted by Crippen LogP contribution is 1.80. The summed E-state index contributed by atoms with van der Waals surface area (Å²) in [6, 6.07) is 0. The van der Waals surface area contributed by atoms with E-state index in [0.29, 0.717) is 24.0 Å². The van der Waals surface area contributed by atoms with Crippen molar-refractivity contribution in [2.24, 2.45) is 10.8 Å². The molecule has 0 saturated heterocycles. The lowest BCUT2D eigenvalue weighted by molar-refractivity contribution is 0.682. The molecule has 0 aliphatic heterocycles. The number of hydrazine groups is 1. The minimum Gasteiger partial charge on any atom is -0.354 e. The zero-order valence-corrected chi connectivity index (χ0v) is 9.69. The second-order valence-electron chi connectivity index (χ2n) is 2.73. The normalized spacial score (nSPS) is 13.8. The third-order valence-electron chi connectivity index (χ3n) is 1.57. The minimum atomic E-state index is -0.737. The highest BCUT2D eigenvalue weighted by atomic mass is 32.2. The number of hydrogen-bond acceptors (Lipinski definition) is 3. The Labute approximate surface area is 88.0 Å². The van der Waals surface area contributed by atoms with Crippen molar-refractivity contribution >= 4 is 16.8 Å². The zero-order chi connectivity index (χ0) is 10.8. The maximum Gasteiger partial charge on any atom is 0.205 e. The van der Waals surface area contributed by atoms with Crippen LogP contribution >= 0.6 is 0 Å². The van der Waals surface area contributed by atoms with Gasteiger partial charge in [-0.2, -0.15) is 0 Å². The summed E-state index contributed by atoms with van der Waals surface area (Å²) in [6.07, 6.45) is 0.980. The standard InChI is InChI=1S/C8H20N4OS/c1-3-5-10-8(12-9)11-6-7-14(13)4-2/h3-7,9H2,1-2H3,(H2,10,11,12). The predicted octanol–water partition coefficient (Wildman–Crippen LogP) is -0.426. The van der Waals surface area contributed by atoms with Gasteiger partial charge in [-0.1, -0.05) is 13.8 Å². The number of aliphatic imine (C=N–C) groups is 1. The number of nitrogens with zero attached hydrogens (tertiary/aromatic N) is 1. The fraction of sp³-hybridized carbons (Fsp3) is 0.875. The van der Waals surface area contributed by atoms with Crippen LogP contribution in [0.15, 0.2) is 4.99 Å². The second-order valence-corrected chi connectivity index (χ2v) is 4.60. The first-order chi connectivity index (χ1) is 6.74. The lowest BCUT2D eigenvalue weighted by atomic mass is 10.5. The molecule has 0 bridgehead atoms. The molecule has 0 aliphatic rings. The fourth-order valence-corrected chi connectivity index (χ4v) is 1.42. The van der Waals surface area contributed by atoms with E-state index in [1.54, 1.807) is 0 Å². The third-order valence-corrected chi connectivity index (χ3v) is 2.88. The monoisotopic (exact) mass is 220 g/mol. The van der Waals surface area contributed by atoms with Gasteiger partial charge in [0.1, 0.15) is 0 Å². The fourth-order valence-electron chi connectivity index (χ4n) is 0.804. The molecular weight excluding hydrogens is 200 g/mol. The zero-order valence-electron chi connectivity index (χ0n) is 8.88. The molecule has 0 saturated carbocycles. The first-order valence-corrected chi connectivity index (χ1v) is 6.33. The van der Waals surface area contributed by atoms with Crippen molar-refractivity contribution in [1.82, 2.24) is 10.7 Å². The van der Waals surface area contributed by atoms with Gasteiger partial charge < -0.3 is 5.32 Å². The van der Waals surface area contributed by atoms with Crippen LogP contribution in [0.2, 0.25) is 0 Å². The second kappa shape index (κ2) is 8.96. The van der Waals surface area contributed by atoms with E-state index in [0.717, 1.165) is 13.0 Å². The molecule has 6 heteroatoms. The molecule has 0 spiro atoms. The summed E-state index contributed by atoms with van der Waals surface area (Å²) in [7, 11) is -0.737. The average Bonchev–Trinajstić information content (AvgIpc) is 2.22. The van der Waals surface area contributed by atoms with Gasteiger partial charge >= 0.3 is 0 Å². The Kier molecular flexibility index (Phi) is 8.56. The van der Waals surface area contributed by atoms with E-state index in [9.17, 15) is 4.21 Å². The average molecular weight is 220 g/mol. The minimum absolute atomic E-state index is 0.569. The molecule has 0 radical (unpaired) electrons. The van der Waals surface area contributed by atoms with Crippen molar-refractivity contribution in [3.05, 3.63) is 0 Å². The van der Waals surface area contributed by atoms with E-state index in [1.807, 2.05) is 13.8 Å². The van der Waals surface area contributed by atoms with Crippen molar-refractivity contribution < 1.29 is 4.21 Å². The Morgan fingerprint density at radius 1 is 1.50 bits per heavy atom. The Morgan fingerprint density at radius 2 is 2.21 bits per heavy atom. The van der Waals surface area contributed by atoms with Crippen molar-refractivity contribution in [1.29, 1.82) is 0 Å². The number of nitrogens with one attached hydrogen (secondary N) is 2. The number of guanidine groups is 1. The first kappa shape index (κ1) is 13.4. The SMILES string of the molecule is CCCN=C(NN)NCCS(=O)CC. The maximum atomic E-state index is 11.1. The summed E-state index contributed by atoms with van der Waals surface area (Å²) in [5.74, 6) is 7.14. The molecule has 5 nitrogen and oxygen atoms in total. The molecule has 0 rings (SSSR count). The molecule has 84 valence electrons. The Bertz CT molecular complexity index is 196. The van der Waals surface area contributed by atoms with Gasteiger partial charge in [0.25, 0.3) is 0 Å². The van der Waals surface area contributed by atoms with Gasteiger partial charge in [-0.3, -0.25) is 14.6 Å². The Balaban J connectivity index is 3.67. The Morgan fingerprint density at radius 3 is 2.71 bits per heavy atom. The van der Waals surface area contributed by atoms with Gasteiger partial charge in [0, 0.05) is 35.4 Å². The van der Waals surface area contributed by atoms with Crippen molar-refractivity contribution in [2.75, 3.05) is 24.6 Å². The van der Waals surface area contributed by atoms with E-state index >= 15 is 0 Å². The summed E-state index contributed by atoms with van der Waals surface area (Å²) >= 11 is 0. The molecule has 0 fully saturated rings. The number of nitrogens with two attached hydrogens (primary N) is 1. The summed E-state index contributed by atoms with van der Waals surface area (Å²) in [5, 5.41) is 2.99. The lowest BCUT2D eigenvalue weighted by Crippen LogP contribution is -2.43. The van der Waals surface area contributed by atoms with E-state index in [4.69, 9.17) is 5.84 Å². The quantitative estimate of drug-likeness (QED) is 0.246. The van der Waals surface area contributed by atoms with Crippen molar-refractivity contribution in [3.8, 4) is 0 Å². The largest absolute Gasteiger partial charge is 0.354 e. The van der Waals surface area contributed by atoms with Crippen LogP contribution in [0.4, 0.5) is 0 Å². The van der Waals surface area contributed by atoms with Crippen LogP contribution in [-0.2, 0) is 10.8 Å². The van der Waals surface area contributed by atoms with Crippen LogP contribution in [0.3, 0.4) is 0 Å². The van der Waals surface area contributed by atoms with Crippen LogP contribution in [0, 0.1) is 0 Å². The van der Waals surface area contributed by atoms with Gasteiger partial charge in [-0.05, 0) is 6.42 Å². The van der Waals surface area contributed by atoms with E-state index in [-0.39, 0.29) is 0 Å². The first-order valence-electron chi connectivity index (χ1n) is 4.84. The van der Waals surface area contributed by atoms with Gasteiger partial charge in [0.05, 0.1) is 0 Å². The van der Waals surface area contributed by atoms with E-state index < -0.39 is 10.8 Å². The maximum absolute atomic E-state index is 11.1. The van der Waals surface area contributed by atoms with Crippen LogP contribution in [-0.4, -0.2) is 34.8 Å². The molecule has 0 amide bonds. The smallest absolute Gasteiger partial charge is 0.205 e. The molecule has 14 heavy (non-hydrogen) atoms. The Hall–Kier alpha value is -0.620. The molecule has 0 aromatic heterocycles. The van der Waals surface area contributed by atoms with Gasteiger partial charge in [-0.25, -0.2) is 5.84 Å². The van der Waals surface area contributed by atoms with Crippen LogP contribution < -0.4 is 16.6 Å². The molecule has 0 aromatic rings. The van der Waals surface area contributed by atoms with Gasteiger partial charge in [0.2, 0.25) is 5.96 Å². The highest BCUT2D eigenvalue weighted by Gasteiger charge is 1.97. The molecule has 1 atom stereocenters. The summed E-state index contributed by atoms with van der Waals surface area (Å²) in [5.41, 5.74) is 2.47. The van der Waals surface area contributed by atoms with Crippen molar-refractivity contribution in [3.63, 3.8) is 0 Å². The highest BCUT2D eigenvalue weighted by molar-refractivity contribution is 7.84. The van der Waals surface area contributed by atoms with Gasteiger partial charge in [-0.15, -0.1) is 0 Å². The molecule has 1 unspecified atom stereocenters. The lowest BCUT2D eigenvalue weighted by Gasteiger charge is -2.07. The topological polar surface area (TPSA) is 79.5 Å². The van der Waals surface area contributed by atoms with Crippen LogP contribution in [0.25, 0.3) is 0 Å². The predicted molar refractivity (Wildman–Crippen MR) is 61.5 cm³/mol. The summed E-state index contributed by atoms with van der Waals surface area (Å²) in [6.45, 7) is 5.32.